The fourth-order valence-electron chi connectivity index (χ4n) is 2.88. The third kappa shape index (κ3) is 2.55. The minimum Gasteiger partial charge on any atom is -0.497 e. The van der Waals surface area contributed by atoms with Crippen LogP contribution in [-0.4, -0.2) is 25.1 Å². The third-order valence-corrected chi connectivity index (χ3v) is 4.10. The van der Waals surface area contributed by atoms with Crippen LogP contribution in [0.4, 0.5) is 11.4 Å². The van der Waals surface area contributed by atoms with Gasteiger partial charge in [0.2, 0.25) is 0 Å². The average molecular weight is 343 g/mol. The van der Waals surface area contributed by atoms with Gasteiger partial charge in [-0.1, -0.05) is 22.8 Å². The maximum atomic E-state index is 9.49. The lowest BCUT2D eigenvalue weighted by atomic mass is 10.1. The predicted octanol–water partition coefficient (Wildman–Crippen LogP) is 3.22. The molecule has 0 saturated carbocycles. The molecule has 0 spiro atoms. The molecule has 2 aliphatic heterocycles. The number of para-hydroxylation sites is 1. The molecule has 2 aromatic carbocycles. The van der Waals surface area contributed by atoms with E-state index in [2.05, 4.69) is 21.4 Å². The van der Waals surface area contributed by atoms with Crippen molar-refractivity contribution in [3.05, 3.63) is 66.5 Å². The fraction of sp³-hybridized carbons (Fsp3) is 0.0526. The number of nitrogens with one attached hydrogen (secondary N) is 1. The van der Waals surface area contributed by atoms with E-state index >= 15 is 0 Å². The molecule has 2 aromatic rings. The largest absolute Gasteiger partial charge is 0.497 e. The summed E-state index contributed by atoms with van der Waals surface area (Å²) in [7, 11) is 1.62. The van der Waals surface area contributed by atoms with Gasteiger partial charge in [-0.05, 0) is 23.3 Å². The third-order valence-electron chi connectivity index (χ3n) is 4.10. The smallest absolute Gasteiger partial charge is 0.287 e. The number of guanidine groups is 1. The second-order valence-corrected chi connectivity index (χ2v) is 5.64. The molecule has 2 aliphatic rings. The van der Waals surface area contributed by atoms with E-state index in [0.29, 0.717) is 17.4 Å². The summed E-state index contributed by atoms with van der Waals surface area (Å²) in [5, 5.41) is 17.4. The van der Waals surface area contributed by atoms with E-state index in [-0.39, 0.29) is 4.59 Å². The Morgan fingerprint density at radius 2 is 2.04 bits per heavy atom. The summed E-state index contributed by atoms with van der Waals surface area (Å²) in [4.78, 5) is 8.72. The highest BCUT2D eigenvalue weighted by atomic mass is 16.5. The van der Waals surface area contributed by atoms with Crippen molar-refractivity contribution < 1.29 is 4.74 Å². The number of rotatable bonds is 3. The van der Waals surface area contributed by atoms with Crippen LogP contribution in [0.1, 0.15) is 5.56 Å². The summed E-state index contributed by atoms with van der Waals surface area (Å²) in [6, 6.07) is 17.1. The van der Waals surface area contributed by atoms with Crippen LogP contribution in [0.25, 0.3) is 0 Å². The van der Waals surface area contributed by atoms with Gasteiger partial charge in [-0.25, -0.2) is 0 Å². The zero-order chi connectivity index (χ0) is 18.0. The molecule has 2 heterocycles. The van der Waals surface area contributed by atoms with E-state index in [0.717, 1.165) is 17.1 Å². The molecular weight excluding hydrogens is 328 g/mol. The van der Waals surface area contributed by atoms with Gasteiger partial charge in [0.1, 0.15) is 23.6 Å². The molecule has 0 bridgehead atoms. The minimum atomic E-state index is -0.0282. The van der Waals surface area contributed by atoms with Crippen LogP contribution in [0.15, 0.2) is 76.0 Å². The van der Waals surface area contributed by atoms with Crippen LogP contribution >= 0.6 is 0 Å². The highest BCUT2D eigenvalue weighted by Gasteiger charge is 2.44. The van der Waals surface area contributed by atoms with E-state index in [9.17, 15) is 5.26 Å². The summed E-state index contributed by atoms with van der Waals surface area (Å²) in [6.07, 6.45) is 5.11. The maximum Gasteiger partial charge on any atom is 0.287 e. The lowest BCUT2D eigenvalue weighted by molar-refractivity contribution is 0.415. The number of aliphatic imine (C=N–C) groups is 2. The lowest BCUT2D eigenvalue weighted by Gasteiger charge is -2.24. The first kappa shape index (κ1) is 15.7. The van der Waals surface area contributed by atoms with Crippen LogP contribution in [-0.2, 0) is 0 Å². The summed E-state index contributed by atoms with van der Waals surface area (Å²) in [5.74, 6) is 1.78. The number of fused-ring (bicyclic) bond motifs is 1. The van der Waals surface area contributed by atoms with Crippen LogP contribution in [0.3, 0.4) is 0 Å². The Labute approximate surface area is 150 Å². The Balaban J connectivity index is 1.77. The average Bonchev–Trinajstić information content (AvgIpc) is 3.07. The van der Waals surface area contributed by atoms with Crippen LogP contribution < -0.4 is 14.6 Å². The first-order valence-corrected chi connectivity index (χ1v) is 7.95. The van der Waals surface area contributed by atoms with Crippen LogP contribution in [0.2, 0.25) is 0 Å². The molecule has 126 valence electrons. The van der Waals surface area contributed by atoms with E-state index in [4.69, 9.17) is 9.84 Å². The van der Waals surface area contributed by atoms with Crippen molar-refractivity contribution in [3.8, 4) is 11.8 Å². The molecule has 0 saturated heterocycles. The molecule has 26 heavy (non-hydrogen) atoms. The zero-order valence-electron chi connectivity index (χ0n) is 14.0. The number of quaternary nitrogens is 1. The Morgan fingerprint density at radius 1 is 1.15 bits per heavy atom. The van der Waals surface area contributed by atoms with Crippen molar-refractivity contribution in [3.63, 3.8) is 0 Å². The standard InChI is InChI=1S/C19H15N6O/c1-26-16-7-4-6-15(11-16)22-19-23-18-13-21-9-10-25(18,24-19)17-8-3-2-5-14(17)12-20/h2-11,13H,1H3,(H,22,24)/q+1. The normalized spacial score (nSPS) is 20.0. The van der Waals surface area contributed by atoms with Gasteiger partial charge in [0.15, 0.2) is 11.9 Å². The van der Waals surface area contributed by atoms with Gasteiger partial charge >= 0.3 is 0 Å². The fourth-order valence-corrected chi connectivity index (χ4v) is 2.88. The number of amidine groups is 1. The van der Waals surface area contributed by atoms with E-state index in [1.807, 2.05) is 42.5 Å². The van der Waals surface area contributed by atoms with Gasteiger partial charge in [0.25, 0.3) is 11.8 Å². The number of anilines is 1. The molecule has 0 aromatic heterocycles. The molecule has 7 nitrogen and oxygen atoms in total. The van der Waals surface area contributed by atoms with Crippen LogP contribution in [0, 0.1) is 11.3 Å². The minimum absolute atomic E-state index is 0.0282. The number of hydrogen-bond acceptors (Lipinski definition) is 6. The Morgan fingerprint density at radius 3 is 2.88 bits per heavy atom. The number of benzene rings is 2. The van der Waals surface area contributed by atoms with Crippen molar-refractivity contribution in [1.29, 1.82) is 5.26 Å². The highest BCUT2D eigenvalue weighted by molar-refractivity contribution is 6.38. The van der Waals surface area contributed by atoms with Gasteiger partial charge < -0.3 is 10.1 Å². The molecular formula is C19H15N6O+. The molecule has 0 amide bonds. The second-order valence-electron chi connectivity index (χ2n) is 5.64. The number of nitrogens with zero attached hydrogens (tertiary/aromatic N) is 5. The maximum absolute atomic E-state index is 9.49. The summed E-state index contributed by atoms with van der Waals surface area (Å²) >= 11 is 0. The van der Waals surface area contributed by atoms with Gasteiger partial charge in [-0.3, -0.25) is 4.99 Å². The monoisotopic (exact) mass is 343 g/mol. The molecule has 0 fully saturated rings. The van der Waals surface area contributed by atoms with Crippen molar-refractivity contribution in [2.24, 2.45) is 15.1 Å². The summed E-state index contributed by atoms with van der Waals surface area (Å²) in [6.45, 7) is 0. The first-order chi connectivity index (χ1) is 12.7. The first-order valence-electron chi connectivity index (χ1n) is 7.95. The van der Waals surface area contributed by atoms with Gasteiger partial charge in [0.05, 0.1) is 13.3 Å². The molecule has 1 N–H and O–H groups in total. The van der Waals surface area contributed by atoms with Crippen molar-refractivity contribution >= 4 is 29.4 Å². The molecule has 1 atom stereocenters. The Bertz CT molecular complexity index is 1030. The summed E-state index contributed by atoms with van der Waals surface area (Å²) < 4.78 is 5.22. The zero-order valence-corrected chi connectivity index (χ0v) is 14.0. The van der Waals surface area contributed by atoms with Gasteiger partial charge in [-0.2, -0.15) is 10.3 Å². The molecule has 4 rings (SSSR count). The van der Waals surface area contributed by atoms with Crippen molar-refractivity contribution in [2.75, 3.05) is 12.4 Å². The predicted molar refractivity (Wildman–Crippen MR) is 102 cm³/mol. The topological polar surface area (TPSA) is 82.1 Å². The molecule has 7 heteroatoms. The van der Waals surface area contributed by atoms with Crippen molar-refractivity contribution in [2.45, 2.75) is 0 Å². The van der Waals surface area contributed by atoms with Gasteiger partial charge in [0, 0.05) is 17.8 Å². The number of hydrogen-bond donors (Lipinski definition) is 1. The molecule has 0 radical (unpaired) electrons. The van der Waals surface area contributed by atoms with E-state index in [1.54, 1.807) is 31.8 Å². The SMILES string of the molecule is COc1cccc(NC2=N[N+]3(c4ccccc4C#N)C=CN=CC3=N2)c1. The quantitative estimate of drug-likeness (QED) is 0.869. The van der Waals surface area contributed by atoms with E-state index in [1.165, 1.54) is 0 Å². The van der Waals surface area contributed by atoms with Gasteiger partial charge in [-0.15, -0.1) is 0 Å². The number of nitriles is 1. The molecule has 0 aliphatic carbocycles. The number of methoxy groups -OCH3 is 1. The Kier molecular flexibility index (Phi) is 3.80. The Hall–Kier alpha value is -3.76. The number of ether oxygens (including phenoxy) is 1. The van der Waals surface area contributed by atoms with Crippen LogP contribution in [0.5, 0.6) is 5.75 Å². The second kappa shape index (κ2) is 6.27. The van der Waals surface area contributed by atoms with Crippen molar-refractivity contribution in [1.82, 2.24) is 4.59 Å². The lowest BCUT2D eigenvalue weighted by Crippen LogP contribution is -2.44. The highest BCUT2D eigenvalue weighted by Crippen LogP contribution is 2.33. The molecule has 1 unspecified atom stereocenters. The summed E-state index contributed by atoms with van der Waals surface area (Å²) in [5.41, 5.74) is 2.06. The van der Waals surface area contributed by atoms with E-state index < -0.39 is 0 Å².